The highest BCUT2D eigenvalue weighted by molar-refractivity contribution is 8.00. The zero-order chi connectivity index (χ0) is 19.8. The van der Waals surface area contributed by atoms with Gasteiger partial charge in [-0.1, -0.05) is 49.4 Å². The molecule has 0 unspecified atom stereocenters. The van der Waals surface area contributed by atoms with Gasteiger partial charge in [0.1, 0.15) is 0 Å². The number of hydrogen-bond donors (Lipinski definition) is 0. The molecule has 1 heterocycles. The van der Waals surface area contributed by atoms with Crippen molar-refractivity contribution in [1.29, 1.82) is 0 Å². The third-order valence-electron chi connectivity index (χ3n) is 3.83. The number of hydrogen-bond acceptors (Lipinski definition) is 4. The molecule has 0 N–H and O–H groups in total. The largest absolute Gasteiger partial charge is 0.149 e. The molecule has 1 rings (SSSR count). The van der Waals surface area contributed by atoms with Crippen LogP contribution in [0.15, 0.2) is 0 Å². The van der Waals surface area contributed by atoms with Gasteiger partial charge in [-0.25, -0.2) is 0 Å². The lowest BCUT2D eigenvalue weighted by Gasteiger charge is -2.00. The predicted molar refractivity (Wildman–Crippen MR) is 137 cm³/mol. The third kappa shape index (κ3) is 20.4. The molecule has 0 bridgehead atoms. The average molecular weight is 449 g/mol. The lowest BCUT2D eigenvalue weighted by Crippen LogP contribution is -1.86. The standard InChI is InChI=1S/C24H32S4/c1-2-10-18-26-20-12-5-6-14-22-28-24-16-8-7-15-23-27-21-13-4-3-11-19-25-17-9-1/h1-2,7-10,15-24H2. The molecule has 0 aromatic carbocycles. The fourth-order valence-electron chi connectivity index (χ4n) is 2.34. The molecule has 0 spiro atoms. The Morgan fingerprint density at radius 1 is 0.321 bits per heavy atom. The maximum Gasteiger partial charge on any atom is 0.0557 e. The lowest BCUT2D eigenvalue weighted by atomic mass is 10.2. The Balaban J connectivity index is 2.21. The Labute approximate surface area is 191 Å². The van der Waals surface area contributed by atoms with Crippen molar-refractivity contribution >= 4 is 47.0 Å². The molecule has 0 aromatic heterocycles. The van der Waals surface area contributed by atoms with Crippen LogP contribution in [-0.4, -0.2) is 46.0 Å². The van der Waals surface area contributed by atoms with Crippen LogP contribution in [0, 0.1) is 47.4 Å². The van der Waals surface area contributed by atoms with Crippen molar-refractivity contribution in [2.45, 2.75) is 51.4 Å². The summed E-state index contributed by atoms with van der Waals surface area (Å²) >= 11 is 7.74. The van der Waals surface area contributed by atoms with Crippen molar-refractivity contribution in [2.75, 3.05) is 46.0 Å². The van der Waals surface area contributed by atoms with E-state index in [1.54, 1.807) is 0 Å². The summed E-state index contributed by atoms with van der Waals surface area (Å²) in [6, 6.07) is 0. The van der Waals surface area contributed by atoms with Crippen LogP contribution in [0.2, 0.25) is 0 Å². The van der Waals surface area contributed by atoms with E-state index in [9.17, 15) is 0 Å². The molecule has 1 aliphatic rings. The van der Waals surface area contributed by atoms with E-state index >= 15 is 0 Å². The average Bonchev–Trinajstić information content (AvgIpc) is 2.71. The van der Waals surface area contributed by atoms with Crippen molar-refractivity contribution in [3.63, 3.8) is 0 Å². The smallest absolute Gasteiger partial charge is 0.0557 e. The van der Waals surface area contributed by atoms with Crippen molar-refractivity contribution in [3.8, 4) is 47.4 Å². The van der Waals surface area contributed by atoms with Crippen LogP contribution in [0.1, 0.15) is 51.4 Å². The first-order chi connectivity index (χ1) is 14.0. The maximum atomic E-state index is 3.16. The van der Waals surface area contributed by atoms with Crippen molar-refractivity contribution in [2.24, 2.45) is 0 Å². The Kier molecular flexibility index (Phi) is 21.0. The van der Waals surface area contributed by atoms with E-state index in [0.717, 1.165) is 23.0 Å². The minimum Gasteiger partial charge on any atom is -0.149 e. The quantitative estimate of drug-likeness (QED) is 0.412. The second-order valence-electron chi connectivity index (χ2n) is 6.25. The van der Waals surface area contributed by atoms with E-state index in [1.165, 1.54) is 74.4 Å². The maximum absolute atomic E-state index is 3.16. The van der Waals surface area contributed by atoms with Gasteiger partial charge in [0.2, 0.25) is 0 Å². The highest BCUT2D eigenvalue weighted by Gasteiger charge is 1.93. The van der Waals surface area contributed by atoms with Gasteiger partial charge in [-0.2, -0.15) is 0 Å². The molecule has 152 valence electrons. The molecule has 1 aliphatic heterocycles. The number of rotatable bonds is 0. The lowest BCUT2D eigenvalue weighted by molar-refractivity contribution is 0.711. The summed E-state index contributed by atoms with van der Waals surface area (Å²) in [4.78, 5) is 0. The van der Waals surface area contributed by atoms with Gasteiger partial charge >= 0.3 is 0 Å². The summed E-state index contributed by atoms with van der Waals surface area (Å²) in [5.41, 5.74) is 0. The fourth-order valence-corrected chi connectivity index (χ4v) is 5.24. The Morgan fingerprint density at radius 3 is 0.821 bits per heavy atom. The molecular weight excluding hydrogens is 417 g/mol. The summed E-state index contributed by atoms with van der Waals surface area (Å²) in [7, 11) is 0. The van der Waals surface area contributed by atoms with Gasteiger partial charge in [0.05, 0.1) is 23.0 Å². The highest BCUT2D eigenvalue weighted by Crippen LogP contribution is 2.11. The van der Waals surface area contributed by atoms with Crippen molar-refractivity contribution in [1.82, 2.24) is 0 Å². The molecular formula is C24H32S4. The Hall–Kier alpha value is -0.360. The monoisotopic (exact) mass is 448 g/mol. The molecule has 28 heavy (non-hydrogen) atoms. The second-order valence-corrected chi connectivity index (χ2v) is 10.7. The van der Waals surface area contributed by atoms with E-state index in [-0.39, 0.29) is 0 Å². The molecule has 0 fully saturated rings. The Morgan fingerprint density at radius 2 is 0.571 bits per heavy atom. The van der Waals surface area contributed by atoms with Gasteiger partial charge in [-0.15, -0.1) is 47.0 Å². The minimum absolute atomic E-state index is 0.914. The van der Waals surface area contributed by atoms with Gasteiger partial charge in [0.25, 0.3) is 0 Å². The summed E-state index contributed by atoms with van der Waals surface area (Å²) in [5.74, 6) is 33.1. The van der Waals surface area contributed by atoms with E-state index < -0.39 is 0 Å². The predicted octanol–water partition coefficient (Wildman–Crippen LogP) is 6.07. The van der Waals surface area contributed by atoms with Crippen LogP contribution in [0.5, 0.6) is 0 Å². The summed E-state index contributed by atoms with van der Waals surface area (Å²) in [5, 5.41) is 0. The van der Waals surface area contributed by atoms with Gasteiger partial charge in [-0.05, 0) is 72.4 Å². The SMILES string of the molecule is C1#CCSCCCCCCSCC#CC#CCSCCCCCCSCC#C1. The van der Waals surface area contributed by atoms with Crippen LogP contribution in [0.3, 0.4) is 0 Å². The molecule has 0 aliphatic carbocycles. The summed E-state index contributed by atoms with van der Waals surface area (Å²) in [6.07, 6.45) is 10.5. The molecule has 0 nitrogen and oxygen atoms in total. The van der Waals surface area contributed by atoms with Crippen LogP contribution in [0.25, 0.3) is 0 Å². The summed E-state index contributed by atoms with van der Waals surface area (Å²) < 4.78 is 0. The number of thioether (sulfide) groups is 4. The van der Waals surface area contributed by atoms with Crippen LogP contribution in [0.4, 0.5) is 0 Å². The molecule has 0 aromatic rings. The molecule has 0 saturated heterocycles. The molecule has 0 saturated carbocycles. The zero-order valence-corrected chi connectivity index (χ0v) is 20.2. The molecule has 0 amide bonds. The van der Waals surface area contributed by atoms with Gasteiger partial charge in [0, 0.05) is 0 Å². The Bertz CT molecular complexity index is 498. The van der Waals surface area contributed by atoms with Gasteiger partial charge in [-0.3, -0.25) is 0 Å². The van der Waals surface area contributed by atoms with Crippen LogP contribution in [-0.2, 0) is 0 Å². The normalized spacial score (nSPS) is 19.4. The molecule has 0 atom stereocenters. The first-order valence-electron chi connectivity index (χ1n) is 10.2. The van der Waals surface area contributed by atoms with Crippen molar-refractivity contribution < 1.29 is 0 Å². The van der Waals surface area contributed by atoms with Gasteiger partial charge < -0.3 is 0 Å². The van der Waals surface area contributed by atoms with Crippen LogP contribution < -0.4 is 0 Å². The van der Waals surface area contributed by atoms with Crippen LogP contribution >= 0.6 is 47.0 Å². The molecule has 0 radical (unpaired) electrons. The second kappa shape index (κ2) is 22.9. The first kappa shape index (κ1) is 25.7. The highest BCUT2D eigenvalue weighted by atomic mass is 32.2. The van der Waals surface area contributed by atoms with Gasteiger partial charge in [0.15, 0.2) is 0 Å². The van der Waals surface area contributed by atoms with Crippen molar-refractivity contribution in [3.05, 3.63) is 0 Å². The first-order valence-corrected chi connectivity index (χ1v) is 14.8. The minimum atomic E-state index is 0.914. The fraction of sp³-hybridized carbons (Fsp3) is 0.667. The van der Waals surface area contributed by atoms with E-state index in [2.05, 4.69) is 47.4 Å². The zero-order valence-electron chi connectivity index (χ0n) is 16.9. The third-order valence-corrected chi connectivity index (χ3v) is 7.53. The summed E-state index contributed by atoms with van der Waals surface area (Å²) in [6.45, 7) is 0. The van der Waals surface area contributed by atoms with E-state index in [1.807, 2.05) is 47.0 Å². The van der Waals surface area contributed by atoms with E-state index in [4.69, 9.17) is 0 Å². The van der Waals surface area contributed by atoms with E-state index in [0.29, 0.717) is 0 Å². The topological polar surface area (TPSA) is 0 Å². The molecule has 4 heteroatoms.